The summed E-state index contributed by atoms with van der Waals surface area (Å²) in [6.07, 6.45) is 1.04. The maximum atomic E-state index is 11.3. The fraction of sp³-hybridized carbons (Fsp3) is 0.900. The van der Waals surface area contributed by atoms with Crippen LogP contribution in [0.15, 0.2) is 0 Å². The molecule has 0 radical (unpaired) electrons. The summed E-state index contributed by atoms with van der Waals surface area (Å²) < 4.78 is 4.86. The van der Waals surface area contributed by atoms with E-state index in [-0.39, 0.29) is 11.9 Å². The fourth-order valence-corrected chi connectivity index (χ4v) is 1.18. The van der Waals surface area contributed by atoms with E-state index in [2.05, 4.69) is 13.8 Å². The van der Waals surface area contributed by atoms with Crippen LogP contribution in [-0.4, -0.2) is 18.6 Å². The van der Waals surface area contributed by atoms with Crippen molar-refractivity contribution in [1.29, 1.82) is 0 Å². The lowest BCUT2D eigenvalue weighted by molar-refractivity contribution is -0.146. The maximum absolute atomic E-state index is 11.3. The second-order valence-electron chi connectivity index (χ2n) is 3.52. The van der Waals surface area contributed by atoms with Crippen molar-refractivity contribution in [3.05, 3.63) is 0 Å². The molecule has 0 aliphatic heterocycles. The van der Waals surface area contributed by atoms with Gasteiger partial charge in [-0.1, -0.05) is 27.2 Å². The lowest BCUT2D eigenvalue weighted by Gasteiger charge is -2.23. The van der Waals surface area contributed by atoms with Gasteiger partial charge >= 0.3 is 5.97 Å². The van der Waals surface area contributed by atoms with Gasteiger partial charge in [-0.25, -0.2) is 0 Å². The Bertz CT molecular complexity index is 159. The zero-order valence-electron chi connectivity index (χ0n) is 9.04. The van der Waals surface area contributed by atoms with E-state index in [1.807, 2.05) is 6.92 Å². The Kier molecular flexibility index (Phi) is 5.71. The van der Waals surface area contributed by atoms with Crippen LogP contribution in [0.4, 0.5) is 0 Å². The van der Waals surface area contributed by atoms with Gasteiger partial charge in [-0.05, 0) is 18.8 Å². The number of hydrogen-bond acceptors (Lipinski definition) is 3. The minimum Gasteiger partial charge on any atom is -0.465 e. The van der Waals surface area contributed by atoms with Crippen LogP contribution >= 0.6 is 0 Å². The van der Waals surface area contributed by atoms with Crippen LogP contribution in [0.25, 0.3) is 0 Å². The lowest BCUT2D eigenvalue weighted by atomic mass is 9.88. The number of esters is 1. The van der Waals surface area contributed by atoms with E-state index in [9.17, 15) is 4.79 Å². The summed E-state index contributed by atoms with van der Waals surface area (Å²) in [5.74, 6) is 0.360. The molecule has 3 heteroatoms. The predicted octanol–water partition coefficient (Wildman–Crippen LogP) is 1.56. The molecule has 0 aromatic heterocycles. The van der Waals surface area contributed by atoms with E-state index in [1.165, 1.54) is 0 Å². The molecule has 0 rings (SSSR count). The summed E-state index contributed by atoms with van der Waals surface area (Å²) in [7, 11) is 0. The van der Waals surface area contributed by atoms with Gasteiger partial charge in [0.2, 0.25) is 0 Å². The van der Waals surface area contributed by atoms with E-state index in [0.717, 1.165) is 6.42 Å². The topological polar surface area (TPSA) is 52.3 Å². The normalized spacial score (nSPS) is 17.6. The molecule has 0 saturated heterocycles. The molecule has 13 heavy (non-hydrogen) atoms. The molecule has 0 bridgehead atoms. The molecule has 0 fully saturated rings. The Morgan fingerprint density at radius 2 is 1.92 bits per heavy atom. The van der Waals surface area contributed by atoms with Crippen molar-refractivity contribution in [1.82, 2.24) is 0 Å². The van der Waals surface area contributed by atoms with Gasteiger partial charge in [-0.15, -0.1) is 0 Å². The highest BCUT2D eigenvalue weighted by atomic mass is 16.5. The molecule has 0 spiro atoms. The first-order valence-electron chi connectivity index (χ1n) is 4.96. The summed E-state index contributed by atoms with van der Waals surface area (Å²) in [5.41, 5.74) is 5.75. The van der Waals surface area contributed by atoms with Gasteiger partial charge < -0.3 is 10.5 Å². The van der Waals surface area contributed by atoms with E-state index < -0.39 is 6.04 Å². The van der Waals surface area contributed by atoms with Crippen molar-refractivity contribution in [2.24, 2.45) is 17.6 Å². The fourth-order valence-electron chi connectivity index (χ4n) is 1.18. The van der Waals surface area contributed by atoms with E-state index in [4.69, 9.17) is 10.5 Å². The van der Waals surface area contributed by atoms with Gasteiger partial charge in [0.25, 0.3) is 0 Å². The van der Waals surface area contributed by atoms with Crippen LogP contribution in [0.5, 0.6) is 0 Å². The largest absolute Gasteiger partial charge is 0.465 e. The van der Waals surface area contributed by atoms with Crippen LogP contribution in [0.3, 0.4) is 0 Å². The molecule has 0 aromatic rings. The average Bonchev–Trinajstić information content (AvgIpc) is 2.14. The number of carbonyl (C=O) groups is 1. The van der Waals surface area contributed by atoms with E-state index in [0.29, 0.717) is 12.5 Å². The Morgan fingerprint density at radius 1 is 1.38 bits per heavy atom. The molecule has 0 amide bonds. The van der Waals surface area contributed by atoms with Gasteiger partial charge in [0.05, 0.1) is 6.61 Å². The summed E-state index contributed by atoms with van der Waals surface area (Å²) >= 11 is 0. The van der Waals surface area contributed by atoms with Crippen molar-refractivity contribution in [3.63, 3.8) is 0 Å². The van der Waals surface area contributed by atoms with Crippen LogP contribution in [0, 0.1) is 11.8 Å². The van der Waals surface area contributed by atoms with Crippen molar-refractivity contribution in [2.45, 2.75) is 40.2 Å². The molecule has 0 heterocycles. The van der Waals surface area contributed by atoms with Crippen LogP contribution in [-0.2, 0) is 9.53 Å². The van der Waals surface area contributed by atoms with Crippen molar-refractivity contribution in [3.8, 4) is 0 Å². The number of rotatable bonds is 5. The third-order valence-electron chi connectivity index (χ3n) is 2.67. The Hall–Kier alpha value is -0.570. The second-order valence-corrected chi connectivity index (χ2v) is 3.52. The monoisotopic (exact) mass is 187 g/mol. The summed E-state index contributed by atoms with van der Waals surface area (Å²) in [6.45, 7) is 8.39. The molecule has 3 nitrogen and oxygen atoms in total. The summed E-state index contributed by atoms with van der Waals surface area (Å²) in [4.78, 5) is 11.3. The highest BCUT2D eigenvalue weighted by molar-refractivity contribution is 5.75. The quantitative estimate of drug-likeness (QED) is 0.664. The molecule has 3 unspecified atom stereocenters. The minimum absolute atomic E-state index is 0.184. The van der Waals surface area contributed by atoms with Crippen LogP contribution < -0.4 is 5.73 Å². The smallest absolute Gasteiger partial charge is 0.323 e. The standard InChI is InChI=1S/C10H21NO2/c1-5-7(3)8(4)9(11)10(12)13-6-2/h7-9H,5-6,11H2,1-4H3. The zero-order valence-corrected chi connectivity index (χ0v) is 9.04. The Labute approximate surface area is 80.6 Å². The number of ether oxygens (including phenoxy) is 1. The van der Waals surface area contributed by atoms with Gasteiger partial charge in [0.15, 0.2) is 0 Å². The van der Waals surface area contributed by atoms with Crippen molar-refractivity contribution >= 4 is 5.97 Å². The van der Waals surface area contributed by atoms with Gasteiger partial charge in [-0.2, -0.15) is 0 Å². The summed E-state index contributed by atoms with van der Waals surface area (Å²) in [5, 5.41) is 0. The maximum Gasteiger partial charge on any atom is 0.323 e. The highest BCUT2D eigenvalue weighted by Gasteiger charge is 2.25. The van der Waals surface area contributed by atoms with E-state index >= 15 is 0 Å². The van der Waals surface area contributed by atoms with Crippen LogP contribution in [0.2, 0.25) is 0 Å². The lowest BCUT2D eigenvalue weighted by Crippen LogP contribution is -2.40. The van der Waals surface area contributed by atoms with E-state index in [1.54, 1.807) is 6.92 Å². The predicted molar refractivity (Wildman–Crippen MR) is 53.2 cm³/mol. The van der Waals surface area contributed by atoms with Crippen LogP contribution in [0.1, 0.15) is 34.1 Å². The first kappa shape index (κ1) is 12.4. The third kappa shape index (κ3) is 3.77. The molecule has 3 atom stereocenters. The third-order valence-corrected chi connectivity index (χ3v) is 2.67. The summed E-state index contributed by atoms with van der Waals surface area (Å²) in [6, 6.07) is -0.477. The molecule has 0 aliphatic rings. The van der Waals surface area contributed by atoms with Gasteiger partial charge in [0.1, 0.15) is 6.04 Å². The number of nitrogens with two attached hydrogens (primary N) is 1. The Morgan fingerprint density at radius 3 is 2.31 bits per heavy atom. The molecule has 0 aliphatic carbocycles. The van der Waals surface area contributed by atoms with Crippen molar-refractivity contribution < 1.29 is 9.53 Å². The first-order valence-corrected chi connectivity index (χ1v) is 4.96. The SMILES string of the molecule is CCOC(=O)C(N)C(C)C(C)CC. The van der Waals surface area contributed by atoms with Gasteiger partial charge in [0, 0.05) is 0 Å². The molecule has 0 saturated carbocycles. The zero-order chi connectivity index (χ0) is 10.4. The number of carbonyl (C=O) groups excluding carboxylic acids is 1. The minimum atomic E-state index is -0.477. The molecule has 2 N–H and O–H groups in total. The Balaban J connectivity index is 4.07. The molecule has 0 aromatic carbocycles. The molecule has 78 valence electrons. The highest BCUT2D eigenvalue weighted by Crippen LogP contribution is 2.17. The molecular weight excluding hydrogens is 166 g/mol. The first-order chi connectivity index (χ1) is 6.04. The second kappa shape index (κ2) is 5.97. The van der Waals surface area contributed by atoms with Gasteiger partial charge in [-0.3, -0.25) is 4.79 Å². The number of hydrogen-bond donors (Lipinski definition) is 1. The molecular formula is C10H21NO2. The van der Waals surface area contributed by atoms with Crippen molar-refractivity contribution in [2.75, 3.05) is 6.61 Å². The average molecular weight is 187 g/mol.